The number of hydrogen-bond donors (Lipinski definition) is 1. The Hall–Kier alpha value is -3.41. The summed E-state index contributed by atoms with van der Waals surface area (Å²) in [7, 11) is 0. The van der Waals surface area contributed by atoms with E-state index in [4.69, 9.17) is 4.74 Å². The monoisotopic (exact) mass is 407 g/mol. The van der Waals surface area contributed by atoms with Crippen LogP contribution in [0.3, 0.4) is 0 Å². The minimum Gasteiger partial charge on any atom is -0.509 e. The van der Waals surface area contributed by atoms with Gasteiger partial charge in [0.25, 0.3) is 5.91 Å². The molecule has 0 saturated heterocycles. The van der Waals surface area contributed by atoms with E-state index in [1.807, 2.05) is 30.3 Å². The second-order valence-corrected chi connectivity index (χ2v) is 8.25. The lowest BCUT2D eigenvalue weighted by Crippen LogP contribution is -2.44. The SMILES string of the molecule is CC(=O)c1ccc(C2=C(O)[C@H](Cc3ccccc3)N(C(=O)OC(C)(C)C)C2=O)cc1. The van der Waals surface area contributed by atoms with Gasteiger partial charge in [-0.15, -0.1) is 0 Å². The van der Waals surface area contributed by atoms with Crippen molar-refractivity contribution in [3.8, 4) is 0 Å². The van der Waals surface area contributed by atoms with Gasteiger partial charge in [-0.05, 0) is 38.8 Å². The normalized spacial score (nSPS) is 16.7. The fourth-order valence-electron chi connectivity index (χ4n) is 3.35. The number of hydrogen-bond acceptors (Lipinski definition) is 5. The number of imide groups is 1. The van der Waals surface area contributed by atoms with Crippen molar-refractivity contribution in [1.29, 1.82) is 0 Å². The van der Waals surface area contributed by atoms with Gasteiger partial charge in [0, 0.05) is 12.0 Å². The molecule has 156 valence electrons. The number of ketones is 1. The van der Waals surface area contributed by atoms with Crippen LogP contribution >= 0.6 is 0 Å². The van der Waals surface area contributed by atoms with E-state index in [2.05, 4.69) is 0 Å². The maximum Gasteiger partial charge on any atom is 0.418 e. The van der Waals surface area contributed by atoms with Crippen molar-refractivity contribution < 1.29 is 24.2 Å². The van der Waals surface area contributed by atoms with Gasteiger partial charge in [0.1, 0.15) is 17.4 Å². The number of amides is 2. The minimum absolute atomic E-state index is 0.0388. The Kier molecular flexibility index (Phi) is 5.78. The molecule has 0 saturated carbocycles. The highest BCUT2D eigenvalue weighted by molar-refractivity contribution is 6.26. The molecule has 0 aliphatic carbocycles. The molecular formula is C24H25NO5. The third kappa shape index (κ3) is 4.43. The average molecular weight is 407 g/mol. The van der Waals surface area contributed by atoms with Crippen LogP contribution in [0.15, 0.2) is 60.4 Å². The molecule has 2 aromatic carbocycles. The first-order valence-electron chi connectivity index (χ1n) is 9.73. The molecule has 30 heavy (non-hydrogen) atoms. The molecule has 1 aliphatic rings. The number of nitrogens with zero attached hydrogens (tertiary/aromatic N) is 1. The highest BCUT2D eigenvalue weighted by Crippen LogP contribution is 2.34. The van der Waals surface area contributed by atoms with Gasteiger partial charge in [-0.3, -0.25) is 9.59 Å². The lowest BCUT2D eigenvalue weighted by Gasteiger charge is -2.27. The summed E-state index contributed by atoms with van der Waals surface area (Å²) in [5, 5.41) is 11.0. The van der Waals surface area contributed by atoms with E-state index < -0.39 is 23.6 Å². The Morgan fingerprint density at radius 1 is 1.03 bits per heavy atom. The summed E-state index contributed by atoms with van der Waals surface area (Å²) >= 11 is 0. The van der Waals surface area contributed by atoms with E-state index in [1.165, 1.54) is 6.92 Å². The van der Waals surface area contributed by atoms with Gasteiger partial charge < -0.3 is 9.84 Å². The molecule has 0 spiro atoms. The summed E-state index contributed by atoms with van der Waals surface area (Å²) in [6, 6.07) is 14.8. The quantitative estimate of drug-likeness (QED) is 0.752. The Morgan fingerprint density at radius 2 is 1.63 bits per heavy atom. The number of aliphatic hydroxyl groups is 1. The molecule has 1 aliphatic heterocycles. The van der Waals surface area contributed by atoms with Gasteiger partial charge in [0.05, 0.1) is 5.57 Å². The van der Waals surface area contributed by atoms with E-state index >= 15 is 0 Å². The Bertz CT molecular complexity index is 1000. The third-order valence-corrected chi connectivity index (χ3v) is 4.76. The second-order valence-electron chi connectivity index (χ2n) is 8.25. The molecule has 1 N–H and O–H groups in total. The number of aliphatic hydroxyl groups excluding tert-OH is 1. The summed E-state index contributed by atoms with van der Waals surface area (Å²) in [5.41, 5.74) is 1.04. The van der Waals surface area contributed by atoms with Gasteiger partial charge in [0.2, 0.25) is 0 Å². The van der Waals surface area contributed by atoms with Crippen molar-refractivity contribution in [2.24, 2.45) is 0 Å². The zero-order chi connectivity index (χ0) is 22.1. The van der Waals surface area contributed by atoms with E-state index in [0.29, 0.717) is 11.1 Å². The number of Topliss-reactive ketones (excluding diaryl/α,β-unsaturated/α-hetero) is 1. The van der Waals surface area contributed by atoms with Gasteiger partial charge in [-0.1, -0.05) is 54.6 Å². The highest BCUT2D eigenvalue weighted by atomic mass is 16.6. The first-order chi connectivity index (χ1) is 14.1. The van der Waals surface area contributed by atoms with Gasteiger partial charge in [0.15, 0.2) is 5.78 Å². The van der Waals surface area contributed by atoms with E-state index in [9.17, 15) is 19.5 Å². The van der Waals surface area contributed by atoms with Crippen LogP contribution in [0.4, 0.5) is 4.79 Å². The zero-order valence-corrected chi connectivity index (χ0v) is 17.5. The number of ether oxygens (including phenoxy) is 1. The van der Waals surface area contributed by atoms with Crippen LogP contribution in [0.5, 0.6) is 0 Å². The van der Waals surface area contributed by atoms with Gasteiger partial charge in [-0.2, -0.15) is 0 Å². The summed E-state index contributed by atoms with van der Waals surface area (Å²) in [4.78, 5) is 38.6. The first kappa shape index (κ1) is 21.3. The van der Waals surface area contributed by atoms with E-state index in [1.54, 1.807) is 45.0 Å². The van der Waals surface area contributed by atoms with Crippen molar-refractivity contribution in [2.45, 2.75) is 45.8 Å². The van der Waals surface area contributed by atoms with E-state index in [-0.39, 0.29) is 23.5 Å². The van der Waals surface area contributed by atoms with Crippen LogP contribution in [0.2, 0.25) is 0 Å². The first-order valence-corrected chi connectivity index (χ1v) is 9.73. The molecule has 0 bridgehead atoms. The highest BCUT2D eigenvalue weighted by Gasteiger charge is 2.45. The molecule has 1 atom stereocenters. The smallest absolute Gasteiger partial charge is 0.418 e. The summed E-state index contributed by atoms with van der Waals surface area (Å²) in [6.45, 7) is 6.59. The van der Waals surface area contributed by atoms with Crippen molar-refractivity contribution in [2.75, 3.05) is 0 Å². The molecule has 0 unspecified atom stereocenters. The molecule has 1 heterocycles. The van der Waals surface area contributed by atoms with Crippen molar-refractivity contribution in [1.82, 2.24) is 4.90 Å². The zero-order valence-electron chi connectivity index (χ0n) is 17.5. The topological polar surface area (TPSA) is 83.9 Å². The lowest BCUT2D eigenvalue weighted by molar-refractivity contribution is -0.124. The maximum absolute atomic E-state index is 13.2. The number of carbonyl (C=O) groups excluding carboxylic acids is 3. The largest absolute Gasteiger partial charge is 0.509 e. The standard InChI is InChI=1S/C24H25NO5/c1-15(26)17-10-12-18(13-11-17)20-21(27)19(14-16-8-6-5-7-9-16)25(22(20)28)23(29)30-24(2,3)4/h5-13,19,27H,14H2,1-4H3/t19-/m0/s1. The molecule has 6 nitrogen and oxygen atoms in total. The summed E-state index contributed by atoms with van der Waals surface area (Å²) in [5.74, 6) is -0.918. The average Bonchev–Trinajstić information content (AvgIpc) is 2.91. The molecule has 0 radical (unpaired) electrons. The van der Waals surface area contributed by atoms with Crippen LogP contribution in [-0.2, 0) is 16.0 Å². The molecule has 6 heteroatoms. The van der Waals surface area contributed by atoms with Crippen LogP contribution in [0.1, 0.15) is 49.2 Å². The predicted octanol–water partition coefficient (Wildman–Crippen LogP) is 4.55. The lowest BCUT2D eigenvalue weighted by atomic mass is 10.00. The number of carbonyl (C=O) groups is 3. The van der Waals surface area contributed by atoms with Crippen LogP contribution < -0.4 is 0 Å². The fraction of sp³-hybridized carbons (Fsp3) is 0.292. The number of rotatable bonds is 4. The van der Waals surface area contributed by atoms with Gasteiger partial charge >= 0.3 is 6.09 Å². The Labute approximate surface area is 175 Å². The molecule has 3 rings (SSSR count). The minimum atomic E-state index is -0.878. The second kappa shape index (κ2) is 8.14. The van der Waals surface area contributed by atoms with E-state index in [0.717, 1.165) is 10.5 Å². The Balaban J connectivity index is 2.02. The Morgan fingerprint density at radius 3 is 2.17 bits per heavy atom. The van der Waals surface area contributed by atoms with Crippen LogP contribution in [-0.4, -0.2) is 39.4 Å². The molecule has 2 amide bonds. The molecule has 2 aromatic rings. The summed E-state index contributed by atoms with van der Waals surface area (Å²) < 4.78 is 5.43. The molecule has 0 fully saturated rings. The maximum atomic E-state index is 13.2. The van der Waals surface area contributed by atoms with Crippen LogP contribution in [0.25, 0.3) is 5.57 Å². The van der Waals surface area contributed by atoms with Crippen molar-refractivity contribution in [3.63, 3.8) is 0 Å². The molecular weight excluding hydrogens is 382 g/mol. The molecule has 0 aromatic heterocycles. The summed E-state index contributed by atoms with van der Waals surface area (Å²) in [6.07, 6.45) is -0.553. The predicted molar refractivity (Wildman–Crippen MR) is 113 cm³/mol. The van der Waals surface area contributed by atoms with Crippen LogP contribution in [0, 0.1) is 0 Å². The third-order valence-electron chi connectivity index (χ3n) is 4.76. The number of benzene rings is 2. The van der Waals surface area contributed by atoms with Crippen molar-refractivity contribution in [3.05, 3.63) is 77.0 Å². The fourth-order valence-corrected chi connectivity index (χ4v) is 3.35. The van der Waals surface area contributed by atoms with Gasteiger partial charge in [-0.25, -0.2) is 9.69 Å². The van der Waals surface area contributed by atoms with Crippen molar-refractivity contribution >= 4 is 23.4 Å².